The lowest BCUT2D eigenvalue weighted by molar-refractivity contribution is 0.0916. The first-order chi connectivity index (χ1) is 5.49. The van der Waals surface area contributed by atoms with E-state index in [9.17, 15) is 5.11 Å². The van der Waals surface area contributed by atoms with E-state index in [1.165, 1.54) is 0 Å². The van der Waals surface area contributed by atoms with Gasteiger partial charge in [-0.25, -0.2) is 0 Å². The Bertz CT molecular complexity index is 138. The quantitative estimate of drug-likeness (QED) is 0.629. The summed E-state index contributed by atoms with van der Waals surface area (Å²) in [4.78, 5) is 0. The van der Waals surface area contributed by atoms with Crippen molar-refractivity contribution in [3.05, 3.63) is 12.2 Å². The molecule has 0 fully saturated rings. The van der Waals surface area contributed by atoms with Gasteiger partial charge in [-0.2, -0.15) is 0 Å². The Labute approximate surface area is 76.5 Å². The first-order valence-electron chi connectivity index (χ1n) is 4.83. The van der Waals surface area contributed by atoms with E-state index in [2.05, 4.69) is 34.3 Å². The van der Waals surface area contributed by atoms with Gasteiger partial charge in [0, 0.05) is 0 Å². The highest BCUT2D eigenvalue weighted by Gasteiger charge is 2.17. The standard InChI is InChI=1S/C11H22O/c1-6-9(4)7-11(12)10(5)8(2)3/h8,10-12H,4,6-7H2,1-3,5H3. The summed E-state index contributed by atoms with van der Waals surface area (Å²) in [5.41, 5.74) is 1.15. The summed E-state index contributed by atoms with van der Waals surface area (Å²) in [6.07, 6.45) is 1.52. The Morgan fingerprint density at radius 1 is 1.33 bits per heavy atom. The number of aliphatic hydroxyl groups is 1. The van der Waals surface area contributed by atoms with Crippen molar-refractivity contribution in [1.29, 1.82) is 0 Å². The van der Waals surface area contributed by atoms with Gasteiger partial charge in [0.15, 0.2) is 0 Å². The maximum absolute atomic E-state index is 9.73. The lowest BCUT2D eigenvalue weighted by Crippen LogP contribution is -2.22. The zero-order valence-corrected chi connectivity index (χ0v) is 8.80. The van der Waals surface area contributed by atoms with Gasteiger partial charge in [0.2, 0.25) is 0 Å². The number of hydrogen-bond acceptors (Lipinski definition) is 1. The fraction of sp³-hybridized carbons (Fsp3) is 0.818. The molecular formula is C11H22O. The third-order valence-corrected chi connectivity index (χ3v) is 2.66. The van der Waals surface area contributed by atoms with Gasteiger partial charge in [0.25, 0.3) is 0 Å². The van der Waals surface area contributed by atoms with Crippen LogP contribution >= 0.6 is 0 Å². The second-order valence-corrected chi connectivity index (χ2v) is 3.98. The third-order valence-electron chi connectivity index (χ3n) is 2.66. The van der Waals surface area contributed by atoms with Crippen LogP contribution in [0.3, 0.4) is 0 Å². The molecule has 0 bridgehead atoms. The van der Waals surface area contributed by atoms with E-state index in [1.54, 1.807) is 0 Å². The average molecular weight is 170 g/mol. The van der Waals surface area contributed by atoms with Gasteiger partial charge in [0.1, 0.15) is 0 Å². The first kappa shape index (κ1) is 11.7. The number of rotatable bonds is 5. The van der Waals surface area contributed by atoms with Crippen LogP contribution in [0.5, 0.6) is 0 Å². The zero-order chi connectivity index (χ0) is 9.72. The van der Waals surface area contributed by atoms with Crippen molar-refractivity contribution in [3.63, 3.8) is 0 Å². The molecule has 0 aliphatic heterocycles. The van der Waals surface area contributed by atoms with E-state index in [0.717, 1.165) is 18.4 Å². The molecule has 0 heterocycles. The summed E-state index contributed by atoms with van der Waals surface area (Å²) in [5, 5.41) is 9.73. The van der Waals surface area contributed by atoms with Crippen LogP contribution in [0, 0.1) is 11.8 Å². The van der Waals surface area contributed by atoms with E-state index in [-0.39, 0.29) is 6.10 Å². The van der Waals surface area contributed by atoms with Gasteiger partial charge >= 0.3 is 0 Å². The molecule has 0 aromatic heterocycles. The van der Waals surface area contributed by atoms with Gasteiger partial charge in [-0.05, 0) is 24.7 Å². The molecule has 0 aliphatic carbocycles. The van der Waals surface area contributed by atoms with Crippen LogP contribution < -0.4 is 0 Å². The lowest BCUT2D eigenvalue weighted by Gasteiger charge is -2.22. The lowest BCUT2D eigenvalue weighted by atomic mass is 9.88. The molecule has 1 N–H and O–H groups in total. The fourth-order valence-electron chi connectivity index (χ4n) is 1.07. The second kappa shape index (κ2) is 5.36. The van der Waals surface area contributed by atoms with E-state index < -0.39 is 0 Å². The topological polar surface area (TPSA) is 20.2 Å². The molecule has 0 radical (unpaired) electrons. The van der Waals surface area contributed by atoms with Crippen molar-refractivity contribution < 1.29 is 5.11 Å². The smallest absolute Gasteiger partial charge is 0.0605 e. The molecule has 1 heteroatoms. The highest BCUT2D eigenvalue weighted by molar-refractivity contribution is 4.95. The molecule has 0 aromatic rings. The van der Waals surface area contributed by atoms with Crippen LogP contribution in [0.2, 0.25) is 0 Å². The Morgan fingerprint density at radius 2 is 1.83 bits per heavy atom. The zero-order valence-electron chi connectivity index (χ0n) is 8.80. The van der Waals surface area contributed by atoms with Crippen LogP contribution in [0.4, 0.5) is 0 Å². The van der Waals surface area contributed by atoms with E-state index in [1.807, 2.05) is 0 Å². The minimum absolute atomic E-state index is 0.211. The molecule has 0 amide bonds. The van der Waals surface area contributed by atoms with Gasteiger partial charge < -0.3 is 5.11 Å². The first-order valence-corrected chi connectivity index (χ1v) is 4.83. The summed E-state index contributed by atoms with van der Waals surface area (Å²) < 4.78 is 0. The number of hydrogen-bond donors (Lipinski definition) is 1. The molecule has 0 rings (SSSR count). The molecule has 0 spiro atoms. The molecular weight excluding hydrogens is 148 g/mol. The second-order valence-electron chi connectivity index (χ2n) is 3.98. The van der Waals surface area contributed by atoms with Crippen LogP contribution in [0.1, 0.15) is 40.5 Å². The monoisotopic (exact) mass is 170 g/mol. The Morgan fingerprint density at radius 3 is 2.17 bits per heavy atom. The van der Waals surface area contributed by atoms with Crippen LogP contribution in [-0.2, 0) is 0 Å². The van der Waals surface area contributed by atoms with Crippen molar-refractivity contribution in [2.45, 2.75) is 46.6 Å². The number of aliphatic hydroxyl groups excluding tert-OH is 1. The third kappa shape index (κ3) is 3.91. The molecule has 12 heavy (non-hydrogen) atoms. The van der Waals surface area contributed by atoms with Crippen molar-refractivity contribution >= 4 is 0 Å². The maximum atomic E-state index is 9.73. The molecule has 0 aliphatic rings. The van der Waals surface area contributed by atoms with Gasteiger partial charge in [-0.15, -0.1) is 0 Å². The van der Waals surface area contributed by atoms with Crippen LogP contribution in [0.25, 0.3) is 0 Å². The van der Waals surface area contributed by atoms with Crippen LogP contribution in [0.15, 0.2) is 12.2 Å². The summed E-state index contributed by atoms with van der Waals surface area (Å²) in [6.45, 7) is 12.4. The predicted octanol–water partition coefficient (Wildman–Crippen LogP) is 3.00. The van der Waals surface area contributed by atoms with Crippen molar-refractivity contribution in [1.82, 2.24) is 0 Å². The summed E-state index contributed by atoms with van der Waals surface area (Å²) in [7, 11) is 0. The molecule has 2 atom stereocenters. The average Bonchev–Trinajstić information content (AvgIpc) is 2.02. The van der Waals surface area contributed by atoms with Crippen LogP contribution in [-0.4, -0.2) is 11.2 Å². The normalized spacial score (nSPS) is 16.2. The molecule has 0 aromatic carbocycles. The molecule has 72 valence electrons. The van der Waals surface area contributed by atoms with Gasteiger partial charge in [-0.3, -0.25) is 0 Å². The summed E-state index contributed by atoms with van der Waals surface area (Å²) in [6, 6.07) is 0. The highest BCUT2D eigenvalue weighted by Crippen LogP contribution is 2.20. The SMILES string of the molecule is C=C(CC)CC(O)C(C)C(C)C. The van der Waals surface area contributed by atoms with E-state index in [4.69, 9.17) is 0 Å². The Balaban J connectivity index is 3.86. The fourth-order valence-corrected chi connectivity index (χ4v) is 1.07. The summed E-state index contributed by atoms with van der Waals surface area (Å²) in [5.74, 6) is 0.915. The maximum Gasteiger partial charge on any atom is 0.0605 e. The summed E-state index contributed by atoms with van der Waals surface area (Å²) >= 11 is 0. The Hall–Kier alpha value is -0.300. The molecule has 1 nitrogen and oxygen atoms in total. The van der Waals surface area contributed by atoms with Gasteiger partial charge in [0.05, 0.1) is 6.10 Å². The van der Waals surface area contributed by atoms with Crippen molar-refractivity contribution in [2.75, 3.05) is 0 Å². The highest BCUT2D eigenvalue weighted by atomic mass is 16.3. The van der Waals surface area contributed by atoms with E-state index >= 15 is 0 Å². The Kier molecular flexibility index (Phi) is 5.23. The minimum atomic E-state index is -0.211. The molecule has 0 saturated carbocycles. The molecule has 0 saturated heterocycles. The minimum Gasteiger partial charge on any atom is -0.393 e. The van der Waals surface area contributed by atoms with E-state index in [0.29, 0.717) is 11.8 Å². The largest absolute Gasteiger partial charge is 0.393 e. The van der Waals surface area contributed by atoms with Crippen molar-refractivity contribution in [2.24, 2.45) is 11.8 Å². The van der Waals surface area contributed by atoms with Gasteiger partial charge in [-0.1, -0.05) is 39.8 Å². The predicted molar refractivity (Wildman–Crippen MR) is 54.1 cm³/mol. The molecule has 2 unspecified atom stereocenters. The van der Waals surface area contributed by atoms with Crippen molar-refractivity contribution in [3.8, 4) is 0 Å².